The molecule has 0 atom stereocenters. The van der Waals surface area contributed by atoms with Gasteiger partial charge in [-0.15, -0.1) is 0 Å². The molecule has 0 spiro atoms. The molecule has 3 aromatic carbocycles. The summed E-state index contributed by atoms with van der Waals surface area (Å²) in [6, 6.07) is 24.1. The highest BCUT2D eigenvalue weighted by molar-refractivity contribution is 6.30. The van der Waals surface area contributed by atoms with Gasteiger partial charge in [-0.1, -0.05) is 54.1 Å². The number of ether oxygens (including phenoxy) is 1. The van der Waals surface area contributed by atoms with Gasteiger partial charge in [-0.05, 0) is 55.3 Å². The Balaban J connectivity index is 0.00000341. The van der Waals surface area contributed by atoms with Crippen molar-refractivity contribution in [2.45, 2.75) is 13.3 Å². The Hall–Kier alpha value is -2.60. The quantitative estimate of drug-likeness (QED) is 0.215. The number of anilines is 1. The molecule has 0 saturated carbocycles. The largest absolute Gasteiger partial charge is 1.00 e. The van der Waals surface area contributed by atoms with E-state index in [2.05, 4.69) is 43.1 Å². The van der Waals surface area contributed by atoms with Crippen LogP contribution in [0.15, 0.2) is 90.4 Å². The number of nitrogens with two attached hydrogens (primary N) is 1. The maximum Gasteiger partial charge on any atom is 0.303 e. The summed E-state index contributed by atoms with van der Waals surface area (Å²) in [6.07, 6.45) is 2.58. The molecular weight excluding hydrogens is 474 g/mol. The summed E-state index contributed by atoms with van der Waals surface area (Å²) in [7, 11) is 0. The maximum atomic E-state index is 5.97. The molecule has 3 aromatic rings. The number of nitrogens with one attached hydrogen (secondary N) is 1. The Morgan fingerprint density at radius 3 is 2.35 bits per heavy atom. The molecule has 4 nitrogen and oxygen atoms in total. The van der Waals surface area contributed by atoms with Crippen LogP contribution < -0.4 is 32.4 Å². The summed E-state index contributed by atoms with van der Waals surface area (Å²) < 4.78 is 5.56. The van der Waals surface area contributed by atoms with Crippen molar-refractivity contribution >= 4 is 28.9 Å². The molecule has 0 aliphatic carbocycles. The van der Waals surface area contributed by atoms with Crippen LogP contribution in [0.3, 0.4) is 0 Å². The minimum absolute atomic E-state index is 0. The van der Waals surface area contributed by atoms with Gasteiger partial charge in [0.1, 0.15) is 18.0 Å². The molecule has 6 heteroatoms. The number of benzene rings is 3. The zero-order valence-electron chi connectivity index (χ0n) is 17.5. The van der Waals surface area contributed by atoms with Gasteiger partial charge in [-0.3, -0.25) is 5.32 Å². The van der Waals surface area contributed by atoms with E-state index in [0.717, 1.165) is 34.5 Å². The highest BCUT2D eigenvalue weighted by atomic mass is 79.9. The van der Waals surface area contributed by atoms with E-state index >= 15 is 0 Å². The second kappa shape index (κ2) is 13.0. The fraction of sp³-hybridized carbons (Fsp3) is 0.160. The number of aryl methyl sites for hydroxylation is 1. The van der Waals surface area contributed by atoms with E-state index in [4.69, 9.17) is 21.3 Å². The first-order valence-electron chi connectivity index (χ1n) is 9.93. The van der Waals surface area contributed by atoms with Crippen molar-refractivity contribution < 1.29 is 27.0 Å². The average molecular weight is 501 g/mol. The first kappa shape index (κ1) is 24.7. The summed E-state index contributed by atoms with van der Waals surface area (Å²) in [5, 5.41) is 6.22. The van der Waals surface area contributed by atoms with Crippen molar-refractivity contribution in [1.29, 1.82) is 0 Å². The van der Waals surface area contributed by atoms with E-state index < -0.39 is 0 Å². The van der Waals surface area contributed by atoms with Crippen molar-refractivity contribution in [3.05, 3.63) is 102 Å². The third kappa shape index (κ3) is 8.58. The lowest BCUT2D eigenvalue weighted by atomic mass is 10.1. The molecule has 0 saturated heterocycles. The number of hydrogen-bond acceptors (Lipinski definition) is 2. The van der Waals surface area contributed by atoms with Crippen molar-refractivity contribution in [3.63, 3.8) is 0 Å². The first-order valence-corrected chi connectivity index (χ1v) is 10.3. The summed E-state index contributed by atoms with van der Waals surface area (Å²) in [6.45, 7) is 6.92. The molecule has 0 amide bonds. The molecule has 0 aromatic heterocycles. The van der Waals surface area contributed by atoms with Crippen LogP contribution in [-0.4, -0.2) is 19.1 Å². The number of nitrogens with zero attached hydrogens (tertiary/aromatic N) is 1. The van der Waals surface area contributed by atoms with Gasteiger partial charge >= 0.3 is 5.96 Å². The van der Waals surface area contributed by atoms with E-state index in [0.29, 0.717) is 13.2 Å². The van der Waals surface area contributed by atoms with Gasteiger partial charge < -0.3 is 21.7 Å². The monoisotopic (exact) mass is 499 g/mol. The van der Waals surface area contributed by atoms with Crippen molar-refractivity contribution in [3.8, 4) is 5.75 Å². The van der Waals surface area contributed by atoms with Crippen LogP contribution in [0.5, 0.6) is 5.75 Å². The van der Waals surface area contributed by atoms with Gasteiger partial charge in [-0.25, -0.2) is 10.3 Å². The number of aliphatic imine (C=N–C) groups is 1. The van der Waals surface area contributed by atoms with Gasteiger partial charge in [-0.2, -0.15) is 0 Å². The minimum Gasteiger partial charge on any atom is -1.00 e. The van der Waals surface area contributed by atoms with E-state index in [1.54, 1.807) is 6.08 Å². The van der Waals surface area contributed by atoms with E-state index in [1.807, 2.05) is 53.8 Å². The number of guanidine groups is 1. The molecular formula is C25H27BrClN3O. The minimum atomic E-state index is 0. The fourth-order valence-electron chi connectivity index (χ4n) is 2.84. The second-order valence-corrected chi connectivity index (χ2v) is 7.38. The van der Waals surface area contributed by atoms with Gasteiger partial charge in [0.2, 0.25) is 0 Å². The lowest BCUT2D eigenvalue weighted by Crippen LogP contribution is -3.00. The Morgan fingerprint density at radius 1 is 1.03 bits per heavy atom. The van der Waals surface area contributed by atoms with Gasteiger partial charge in [0, 0.05) is 22.8 Å². The topological polar surface area (TPSA) is 50.2 Å². The number of quaternary nitrogens is 1. The smallest absolute Gasteiger partial charge is 0.303 e. The van der Waals surface area contributed by atoms with Crippen LogP contribution in [0.2, 0.25) is 5.02 Å². The van der Waals surface area contributed by atoms with Crippen LogP contribution in [-0.2, 0) is 6.42 Å². The van der Waals surface area contributed by atoms with E-state index in [9.17, 15) is 0 Å². The standard InChI is InChI=1S/C25H26ClN3O.BrH/c1-3-18-30-24-14-12-23(13-15-24)29-25(28-22-10-4-19(2)5-11-22)27-17-16-20-6-8-21(26)9-7-20;/h3-15H,1,16-18H2,2H3,(H2,27,28,29);1H. The van der Waals surface area contributed by atoms with Crippen LogP contribution in [0, 0.1) is 6.92 Å². The van der Waals surface area contributed by atoms with Crippen LogP contribution in [0.4, 0.5) is 11.4 Å². The lowest BCUT2D eigenvalue weighted by molar-refractivity contribution is -0.444. The molecule has 0 fully saturated rings. The van der Waals surface area contributed by atoms with Crippen LogP contribution in [0.25, 0.3) is 0 Å². The van der Waals surface area contributed by atoms with Gasteiger partial charge in [0.05, 0.1) is 6.54 Å². The highest BCUT2D eigenvalue weighted by Gasteiger charge is 2.08. The molecule has 3 N–H and O–H groups in total. The molecule has 0 aliphatic heterocycles. The van der Waals surface area contributed by atoms with Gasteiger partial charge in [0.25, 0.3) is 0 Å². The number of halogens is 2. The maximum absolute atomic E-state index is 5.97. The predicted molar refractivity (Wildman–Crippen MR) is 126 cm³/mol. The average Bonchev–Trinajstić information content (AvgIpc) is 2.76. The fourth-order valence-corrected chi connectivity index (χ4v) is 2.96. The molecule has 0 heterocycles. The Labute approximate surface area is 199 Å². The Kier molecular flexibility index (Phi) is 10.3. The zero-order valence-corrected chi connectivity index (χ0v) is 19.9. The number of rotatable bonds is 8. The molecule has 162 valence electrons. The molecule has 3 rings (SSSR count). The third-order valence-corrected chi connectivity index (χ3v) is 4.72. The third-order valence-electron chi connectivity index (χ3n) is 4.47. The van der Waals surface area contributed by atoms with Crippen molar-refractivity contribution in [2.75, 3.05) is 18.5 Å². The molecule has 0 radical (unpaired) electrons. The van der Waals surface area contributed by atoms with E-state index in [1.165, 1.54) is 11.1 Å². The SMILES string of the molecule is C=CCOc1ccc([NH2+]C(=NCCc2ccc(Cl)cc2)Nc2ccc(C)cc2)cc1.[Br-]. The zero-order chi connectivity index (χ0) is 21.2. The Bertz CT molecular complexity index is 971. The molecule has 0 bridgehead atoms. The number of hydrogen-bond donors (Lipinski definition) is 2. The summed E-state index contributed by atoms with van der Waals surface area (Å²) in [5.74, 6) is 1.63. The normalized spacial score (nSPS) is 10.8. The highest BCUT2D eigenvalue weighted by Crippen LogP contribution is 2.13. The Morgan fingerprint density at radius 2 is 1.71 bits per heavy atom. The lowest BCUT2D eigenvalue weighted by Gasteiger charge is -2.09. The summed E-state index contributed by atoms with van der Waals surface area (Å²) >= 11 is 5.97. The predicted octanol–water partition coefficient (Wildman–Crippen LogP) is 2.12. The molecule has 0 unspecified atom stereocenters. The first-order chi connectivity index (χ1) is 14.6. The summed E-state index contributed by atoms with van der Waals surface area (Å²) in [4.78, 5) is 4.80. The summed E-state index contributed by atoms with van der Waals surface area (Å²) in [5.41, 5.74) is 4.49. The van der Waals surface area contributed by atoms with Crippen LogP contribution in [0.1, 0.15) is 11.1 Å². The van der Waals surface area contributed by atoms with Gasteiger partial charge in [0.15, 0.2) is 0 Å². The van der Waals surface area contributed by atoms with E-state index in [-0.39, 0.29) is 17.0 Å². The molecule has 0 aliphatic rings. The molecule has 31 heavy (non-hydrogen) atoms. The van der Waals surface area contributed by atoms with Crippen molar-refractivity contribution in [2.24, 2.45) is 4.99 Å². The van der Waals surface area contributed by atoms with Crippen molar-refractivity contribution in [1.82, 2.24) is 0 Å². The second-order valence-electron chi connectivity index (χ2n) is 6.95. The van der Waals surface area contributed by atoms with Crippen LogP contribution >= 0.6 is 11.6 Å².